The molecular formula is C17H17FN6O3. The number of anilines is 1. The number of hydrogen-bond acceptors (Lipinski definition) is 5. The van der Waals surface area contributed by atoms with Crippen LogP contribution in [0.15, 0.2) is 42.6 Å². The van der Waals surface area contributed by atoms with Gasteiger partial charge in [0.1, 0.15) is 11.9 Å². The van der Waals surface area contributed by atoms with Crippen molar-refractivity contribution in [2.75, 3.05) is 5.32 Å². The number of benzene rings is 1. The lowest BCUT2D eigenvalue weighted by Gasteiger charge is -2.10. The van der Waals surface area contributed by atoms with Crippen LogP contribution in [0.5, 0.6) is 0 Å². The van der Waals surface area contributed by atoms with Gasteiger partial charge in [0, 0.05) is 17.8 Å². The van der Waals surface area contributed by atoms with E-state index in [0.29, 0.717) is 17.1 Å². The second-order valence-corrected chi connectivity index (χ2v) is 6.00. The molecule has 0 saturated carbocycles. The summed E-state index contributed by atoms with van der Waals surface area (Å²) in [6.45, 7) is 3.44. The average Bonchev–Trinajstić information content (AvgIpc) is 3.23. The lowest BCUT2D eigenvalue weighted by atomic mass is 10.2. The summed E-state index contributed by atoms with van der Waals surface area (Å²) >= 11 is 0. The summed E-state index contributed by atoms with van der Waals surface area (Å²) in [6.07, 6.45) is 1.62. The molecule has 3 aromatic rings. The molecule has 10 heteroatoms. The number of aryl methyl sites for hydroxylation is 1. The molecule has 1 aromatic carbocycles. The highest BCUT2D eigenvalue weighted by molar-refractivity contribution is 5.92. The molecule has 1 atom stereocenters. The van der Waals surface area contributed by atoms with E-state index in [4.69, 9.17) is 0 Å². The van der Waals surface area contributed by atoms with Gasteiger partial charge in [0.2, 0.25) is 0 Å². The van der Waals surface area contributed by atoms with E-state index in [-0.39, 0.29) is 18.2 Å². The molecule has 2 heterocycles. The molecule has 9 nitrogen and oxygen atoms in total. The Hall–Kier alpha value is -3.56. The first-order valence-corrected chi connectivity index (χ1v) is 8.13. The topological polar surface area (TPSA) is 108 Å². The zero-order valence-corrected chi connectivity index (χ0v) is 14.7. The summed E-state index contributed by atoms with van der Waals surface area (Å²) in [5, 5.41) is 21.5. The number of carbonyl (C=O) groups excluding carboxylic acids is 1. The van der Waals surface area contributed by atoms with Gasteiger partial charge in [0.05, 0.1) is 23.4 Å². The van der Waals surface area contributed by atoms with Crippen molar-refractivity contribution in [2.45, 2.75) is 26.4 Å². The Morgan fingerprint density at radius 3 is 2.74 bits per heavy atom. The fourth-order valence-electron chi connectivity index (χ4n) is 2.61. The molecule has 0 aliphatic rings. The molecule has 0 aliphatic heterocycles. The molecule has 3 rings (SSSR count). The Morgan fingerprint density at radius 2 is 2.07 bits per heavy atom. The SMILES string of the molecule is Cc1cc([N+](=O)[O-])nn1C(C)C(=O)Nc1ccn(Cc2ccccc2F)n1. The highest BCUT2D eigenvalue weighted by Crippen LogP contribution is 2.17. The van der Waals surface area contributed by atoms with Crippen molar-refractivity contribution >= 4 is 17.5 Å². The van der Waals surface area contributed by atoms with E-state index >= 15 is 0 Å². The van der Waals surface area contributed by atoms with E-state index in [0.717, 1.165) is 0 Å². The normalized spacial score (nSPS) is 12.0. The Bertz CT molecular complexity index is 996. The largest absolute Gasteiger partial charge is 0.390 e. The second kappa shape index (κ2) is 7.36. The lowest BCUT2D eigenvalue weighted by molar-refractivity contribution is -0.389. The minimum Gasteiger partial charge on any atom is -0.358 e. The minimum absolute atomic E-state index is 0.225. The number of amides is 1. The van der Waals surface area contributed by atoms with Crippen LogP contribution in [0, 0.1) is 22.9 Å². The van der Waals surface area contributed by atoms with Crippen LogP contribution in [0.2, 0.25) is 0 Å². The maximum absolute atomic E-state index is 13.7. The van der Waals surface area contributed by atoms with E-state index < -0.39 is 16.9 Å². The van der Waals surface area contributed by atoms with Gasteiger partial charge in [-0.2, -0.15) is 9.78 Å². The summed E-state index contributed by atoms with van der Waals surface area (Å²) in [7, 11) is 0. The van der Waals surface area contributed by atoms with E-state index in [2.05, 4.69) is 15.5 Å². The summed E-state index contributed by atoms with van der Waals surface area (Å²) in [5.41, 5.74) is 0.973. The molecule has 1 unspecified atom stereocenters. The second-order valence-electron chi connectivity index (χ2n) is 6.00. The first-order chi connectivity index (χ1) is 12.8. The molecule has 2 aromatic heterocycles. The van der Waals surface area contributed by atoms with E-state index in [1.54, 1.807) is 44.3 Å². The molecule has 0 bridgehead atoms. The maximum Gasteiger partial charge on any atom is 0.390 e. The Kier molecular flexibility index (Phi) is 4.97. The molecular weight excluding hydrogens is 355 g/mol. The molecule has 0 saturated heterocycles. The van der Waals surface area contributed by atoms with Gasteiger partial charge in [0.15, 0.2) is 5.82 Å². The van der Waals surface area contributed by atoms with Crippen molar-refractivity contribution in [3.8, 4) is 0 Å². The molecule has 27 heavy (non-hydrogen) atoms. The number of halogens is 1. The highest BCUT2D eigenvalue weighted by Gasteiger charge is 2.25. The predicted molar refractivity (Wildman–Crippen MR) is 94.7 cm³/mol. The van der Waals surface area contributed by atoms with E-state index in [9.17, 15) is 19.3 Å². The number of nitrogens with zero attached hydrogens (tertiary/aromatic N) is 5. The van der Waals surface area contributed by atoms with Crippen LogP contribution in [-0.2, 0) is 11.3 Å². The highest BCUT2D eigenvalue weighted by atomic mass is 19.1. The zero-order valence-electron chi connectivity index (χ0n) is 14.7. The molecule has 0 fully saturated rings. The van der Waals surface area contributed by atoms with Gasteiger partial charge in [-0.05, 0) is 24.8 Å². The number of carbonyl (C=O) groups is 1. The number of nitrogens with one attached hydrogen (secondary N) is 1. The molecule has 140 valence electrons. The number of hydrogen-bond donors (Lipinski definition) is 1. The fourth-order valence-corrected chi connectivity index (χ4v) is 2.61. The van der Waals surface area contributed by atoms with Gasteiger partial charge in [-0.15, -0.1) is 0 Å². The average molecular weight is 372 g/mol. The standard InChI is InChI=1S/C17H17FN6O3/c1-11-9-16(24(26)27)21-23(11)12(2)17(25)19-15-7-8-22(20-15)10-13-5-3-4-6-14(13)18/h3-9,12H,10H2,1-2H3,(H,19,20,25). The van der Waals surface area contributed by atoms with Gasteiger partial charge < -0.3 is 15.4 Å². The van der Waals surface area contributed by atoms with Crippen molar-refractivity contribution in [1.29, 1.82) is 0 Å². The van der Waals surface area contributed by atoms with Crippen LogP contribution in [0.1, 0.15) is 24.2 Å². The van der Waals surface area contributed by atoms with Crippen molar-refractivity contribution in [1.82, 2.24) is 19.6 Å². The summed E-state index contributed by atoms with van der Waals surface area (Å²) in [4.78, 5) is 22.6. The Balaban J connectivity index is 1.69. The van der Waals surface area contributed by atoms with Crippen LogP contribution < -0.4 is 5.32 Å². The molecule has 1 N–H and O–H groups in total. The minimum atomic E-state index is -0.768. The number of rotatable bonds is 6. The molecule has 0 aliphatic carbocycles. The molecule has 0 spiro atoms. The van der Waals surface area contributed by atoms with Gasteiger partial charge in [0.25, 0.3) is 5.91 Å². The summed E-state index contributed by atoms with van der Waals surface area (Å²) in [6, 6.07) is 8.49. The third-order valence-electron chi connectivity index (χ3n) is 4.03. The smallest absolute Gasteiger partial charge is 0.358 e. The first-order valence-electron chi connectivity index (χ1n) is 8.13. The van der Waals surface area contributed by atoms with Crippen LogP contribution in [0.25, 0.3) is 0 Å². The van der Waals surface area contributed by atoms with Crippen molar-refractivity contribution in [3.63, 3.8) is 0 Å². The molecule has 0 radical (unpaired) electrons. The van der Waals surface area contributed by atoms with Crippen LogP contribution in [0.3, 0.4) is 0 Å². The third kappa shape index (κ3) is 4.00. The third-order valence-corrected chi connectivity index (χ3v) is 4.03. The Labute approximate surface area is 153 Å². The van der Waals surface area contributed by atoms with Crippen molar-refractivity contribution in [2.24, 2.45) is 0 Å². The summed E-state index contributed by atoms with van der Waals surface area (Å²) in [5.74, 6) is -0.779. The first kappa shape index (κ1) is 18.2. The quantitative estimate of drug-likeness (QED) is 0.529. The van der Waals surface area contributed by atoms with Crippen LogP contribution in [-0.4, -0.2) is 30.4 Å². The van der Waals surface area contributed by atoms with Gasteiger partial charge >= 0.3 is 5.82 Å². The molecule has 1 amide bonds. The van der Waals surface area contributed by atoms with Crippen molar-refractivity contribution in [3.05, 3.63) is 69.8 Å². The van der Waals surface area contributed by atoms with Gasteiger partial charge in [-0.1, -0.05) is 18.2 Å². The number of aromatic nitrogens is 4. The zero-order chi connectivity index (χ0) is 19.6. The van der Waals surface area contributed by atoms with Crippen molar-refractivity contribution < 1.29 is 14.1 Å². The van der Waals surface area contributed by atoms with Crippen LogP contribution in [0.4, 0.5) is 16.0 Å². The summed E-state index contributed by atoms with van der Waals surface area (Å²) < 4.78 is 16.5. The fraction of sp³-hybridized carbons (Fsp3) is 0.235. The van der Waals surface area contributed by atoms with Gasteiger partial charge in [-0.25, -0.2) is 4.39 Å². The Morgan fingerprint density at radius 1 is 1.33 bits per heavy atom. The monoisotopic (exact) mass is 372 g/mol. The predicted octanol–water partition coefficient (Wildman–Crippen LogP) is 2.68. The van der Waals surface area contributed by atoms with E-state index in [1.165, 1.54) is 21.5 Å². The van der Waals surface area contributed by atoms with E-state index in [1.807, 2.05) is 0 Å². The lowest BCUT2D eigenvalue weighted by Crippen LogP contribution is -2.25. The maximum atomic E-state index is 13.7. The number of nitro groups is 1. The van der Waals surface area contributed by atoms with Crippen LogP contribution >= 0.6 is 0 Å². The van der Waals surface area contributed by atoms with Gasteiger partial charge in [-0.3, -0.25) is 9.48 Å².